The average molecular weight is 1360 g/mol. The van der Waals surface area contributed by atoms with Crippen molar-refractivity contribution >= 4 is 27.3 Å². The molecule has 18 heteroatoms. The zero-order chi connectivity index (χ0) is 66.3. The molecule has 15 rings (SSSR count). The Morgan fingerprint density at radius 3 is 1.07 bits per heavy atom. The largest absolute Gasteiger partial charge is 0.448 e. The first-order valence-electron chi connectivity index (χ1n) is 30.2. The first kappa shape index (κ1) is 66.1. The maximum Gasteiger partial charge on any atom is 0.198 e. The number of hydrogen-bond acceptors (Lipinski definition) is 13. The first-order valence-corrected chi connectivity index (χ1v) is 31.9. The highest BCUT2D eigenvalue weighted by Crippen LogP contribution is 2.27. The Morgan fingerprint density at radius 1 is 0.333 bits per heavy atom. The molecule has 0 saturated heterocycles. The molecule has 0 saturated carbocycles. The summed E-state index contributed by atoms with van der Waals surface area (Å²) in [4.78, 5) is 34.3. The predicted molar refractivity (Wildman–Crippen MR) is 367 cm³/mol. The Balaban J connectivity index is 0.000000122. The van der Waals surface area contributed by atoms with E-state index in [0.29, 0.717) is 49.0 Å². The Kier molecular flexibility index (Phi) is 23.1. The number of pyridine rings is 1. The van der Waals surface area contributed by atoms with Gasteiger partial charge in [0.25, 0.3) is 0 Å². The highest BCUT2D eigenvalue weighted by atomic mass is 79.9. The maximum absolute atomic E-state index is 12.9. The molecule has 0 N–H and O–H groups in total. The number of nitrogens with zero attached hydrogens (tertiary/aromatic N) is 8. The van der Waals surface area contributed by atoms with Crippen LogP contribution in [0.4, 0.5) is 17.6 Å². The molecule has 0 amide bonds. The number of aryl methyl sites for hydroxylation is 1. The van der Waals surface area contributed by atoms with Gasteiger partial charge in [0.05, 0.1) is 10.7 Å². The Bertz CT molecular complexity index is 4290. The summed E-state index contributed by atoms with van der Waals surface area (Å²) in [5.74, 6) is 1.61. The van der Waals surface area contributed by atoms with Crippen LogP contribution in [0.2, 0.25) is 0 Å². The third-order valence-electron chi connectivity index (χ3n) is 14.4. The molecule has 0 bridgehead atoms. The lowest BCUT2D eigenvalue weighted by molar-refractivity contribution is 0.506. The van der Waals surface area contributed by atoms with Crippen LogP contribution < -0.4 is 0 Å². The lowest BCUT2D eigenvalue weighted by Gasteiger charge is -1.98. The van der Waals surface area contributed by atoms with E-state index in [1.165, 1.54) is 66.0 Å². The molecular formula is C78H59BrF4N8O4S. The standard InChI is InChI=1S/C17H14FNS.C16H12BrNO.C16H12FNO.C15H11FN2O.C14H10FN3O/c1-12-2-6-14(7-3-12)16-11-20-17(19-16)10-13-4-8-15(18)9-5-13;2*17-14-8-6-12(7-9-14)10-16-18-15(11-19-16)13-4-2-1-3-5-13;16-13-5-3-11(4-6-13)8-15-18-14(10-19-15)12-2-1-7-17-9-12;15-12-3-1-10(2-4-12)5-14-18-13(8-19-14)11-6-16-9-17-7-11/h2-9,11H,10H2,1H3;2*1-9,11H,10H2;1-7,9-10H,8H2;1-4,6-9H,5H2. The SMILES string of the molecule is Brc1ccc(Cc2nc(-c3ccccc3)co2)cc1.Cc1ccc(-c2csc(Cc3ccc(F)cc3)n2)cc1.Fc1ccc(Cc2nc(-c3ccccc3)co2)cc1.Fc1ccc(Cc2nc(-c3cccnc3)co2)cc1.Fc1ccc(Cc2nc(-c3cncnc3)co2)cc1. The summed E-state index contributed by atoms with van der Waals surface area (Å²) >= 11 is 5.07. The van der Waals surface area contributed by atoms with Crippen LogP contribution in [-0.4, -0.2) is 39.9 Å². The van der Waals surface area contributed by atoms with E-state index in [0.717, 1.165) is 94.6 Å². The summed E-state index contributed by atoms with van der Waals surface area (Å²) in [7, 11) is 0. The lowest BCUT2D eigenvalue weighted by Crippen LogP contribution is -1.89. The number of aromatic nitrogens is 8. The zero-order valence-electron chi connectivity index (χ0n) is 51.6. The molecule has 12 nitrogen and oxygen atoms in total. The van der Waals surface area contributed by atoms with Crippen molar-refractivity contribution in [3.63, 3.8) is 0 Å². The van der Waals surface area contributed by atoms with Gasteiger partial charge in [-0.15, -0.1) is 11.3 Å². The molecule has 96 heavy (non-hydrogen) atoms. The first-order chi connectivity index (χ1) is 46.9. The van der Waals surface area contributed by atoms with Gasteiger partial charge in [-0.05, 0) is 108 Å². The molecule has 0 aliphatic carbocycles. The van der Waals surface area contributed by atoms with Crippen molar-refractivity contribution < 1.29 is 35.2 Å². The van der Waals surface area contributed by atoms with E-state index in [4.69, 9.17) is 17.7 Å². The van der Waals surface area contributed by atoms with Gasteiger partial charge in [-0.1, -0.05) is 167 Å². The number of halogens is 5. The summed E-state index contributed by atoms with van der Waals surface area (Å²) < 4.78 is 74.2. The fourth-order valence-corrected chi connectivity index (χ4v) is 10.5. The van der Waals surface area contributed by atoms with Gasteiger partial charge in [0.1, 0.15) is 77.4 Å². The quantitative estimate of drug-likeness (QED) is 0.0897. The topological polar surface area (TPSA) is 156 Å². The number of oxazole rings is 4. The van der Waals surface area contributed by atoms with Gasteiger partial charge in [0.15, 0.2) is 23.6 Å². The van der Waals surface area contributed by atoms with Crippen molar-refractivity contribution in [3.05, 3.63) is 370 Å². The maximum atomic E-state index is 12.9. The number of benzene rings is 8. The van der Waals surface area contributed by atoms with Gasteiger partial charge < -0.3 is 17.7 Å². The van der Waals surface area contributed by atoms with E-state index in [2.05, 4.69) is 105 Å². The molecule has 7 aromatic heterocycles. The van der Waals surface area contributed by atoms with Gasteiger partial charge in [0, 0.05) is 94.6 Å². The molecule has 0 unspecified atom stereocenters. The normalized spacial score (nSPS) is 10.6. The smallest absolute Gasteiger partial charge is 0.198 e. The van der Waals surface area contributed by atoms with Crippen molar-refractivity contribution in [3.8, 4) is 56.3 Å². The second-order valence-corrected chi connectivity index (χ2v) is 23.5. The predicted octanol–water partition coefficient (Wildman–Crippen LogP) is 19.9. The van der Waals surface area contributed by atoms with Gasteiger partial charge >= 0.3 is 0 Å². The van der Waals surface area contributed by atoms with Crippen LogP contribution >= 0.6 is 27.3 Å². The molecule has 0 radical (unpaired) electrons. The van der Waals surface area contributed by atoms with Crippen LogP contribution in [0.1, 0.15) is 62.0 Å². The molecule has 7 heterocycles. The molecule has 15 aromatic rings. The second kappa shape index (κ2) is 33.5. The van der Waals surface area contributed by atoms with Crippen LogP contribution in [0.15, 0.2) is 302 Å². The van der Waals surface area contributed by atoms with E-state index >= 15 is 0 Å². The summed E-state index contributed by atoms with van der Waals surface area (Å²) in [5, 5.41) is 3.12. The highest BCUT2D eigenvalue weighted by Gasteiger charge is 2.12. The van der Waals surface area contributed by atoms with Gasteiger partial charge in [0.2, 0.25) is 0 Å². The van der Waals surface area contributed by atoms with Gasteiger partial charge in [-0.3, -0.25) is 4.98 Å². The minimum Gasteiger partial charge on any atom is -0.448 e. The number of thiazole rings is 1. The van der Waals surface area contributed by atoms with Crippen LogP contribution in [0.25, 0.3) is 56.3 Å². The van der Waals surface area contributed by atoms with Crippen molar-refractivity contribution in [2.24, 2.45) is 0 Å². The van der Waals surface area contributed by atoms with Crippen LogP contribution in [0, 0.1) is 30.2 Å². The third-order valence-corrected chi connectivity index (χ3v) is 15.8. The fraction of sp³-hybridized carbons (Fsp3) is 0.0769. The monoisotopic (exact) mass is 1360 g/mol. The van der Waals surface area contributed by atoms with Crippen LogP contribution in [0.3, 0.4) is 0 Å². The van der Waals surface area contributed by atoms with Crippen LogP contribution in [0.5, 0.6) is 0 Å². The summed E-state index contributed by atoms with van der Waals surface area (Å²) in [5.41, 5.74) is 15.5. The molecule has 0 aliphatic heterocycles. The molecule has 0 spiro atoms. The highest BCUT2D eigenvalue weighted by molar-refractivity contribution is 9.10. The van der Waals surface area contributed by atoms with Gasteiger partial charge in [-0.2, -0.15) is 0 Å². The van der Waals surface area contributed by atoms with E-state index < -0.39 is 0 Å². The Hall–Kier alpha value is -11.3. The van der Waals surface area contributed by atoms with Crippen LogP contribution in [-0.2, 0) is 32.1 Å². The molecule has 0 aliphatic rings. The number of hydrogen-bond donors (Lipinski definition) is 0. The summed E-state index contributed by atoms with van der Waals surface area (Å²) in [6.07, 6.45) is 17.9. The van der Waals surface area contributed by atoms with Crippen molar-refractivity contribution in [1.29, 1.82) is 0 Å². The van der Waals surface area contributed by atoms with E-state index in [-0.39, 0.29) is 23.3 Å². The van der Waals surface area contributed by atoms with Crippen molar-refractivity contribution in [2.45, 2.75) is 39.0 Å². The molecule has 0 fully saturated rings. The summed E-state index contributed by atoms with van der Waals surface area (Å²) in [6, 6.07) is 65.8. The fourth-order valence-electron chi connectivity index (χ4n) is 9.40. The second-order valence-electron chi connectivity index (χ2n) is 21.6. The van der Waals surface area contributed by atoms with E-state index in [9.17, 15) is 17.6 Å². The third kappa shape index (κ3) is 20.1. The minimum absolute atomic E-state index is 0.201. The van der Waals surface area contributed by atoms with E-state index in [1.54, 1.807) is 97.6 Å². The Labute approximate surface area is 564 Å². The molecule has 0 atom stereocenters. The minimum atomic E-state index is -0.252. The lowest BCUT2D eigenvalue weighted by atomic mass is 10.1. The number of rotatable bonds is 15. The van der Waals surface area contributed by atoms with Gasteiger partial charge in [-0.25, -0.2) is 52.4 Å². The summed E-state index contributed by atoms with van der Waals surface area (Å²) in [6.45, 7) is 2.07. The molecule has 476 valence electrons. The van der Waals surface area contributed by atoms with E-state index in [1.807, 2.05) is 97.1 Å². The average Bonchev–Trinajstić information content (AvgIpc) is 2.25. The molecular weight excluding hydrogens is 1300 g/mol. The zero-order valence-corrected chi connectivity index (χ0v) is 54.0. The Morgan fingerprint density at radius 2 is 0.677 bits per heavy atom. The van der Waals surface area contributed by atoms with Crippen molar-refractivity contribution in [2.75, 3.05) is 0 Å². The van der Waals surface area contributed by atoms with Crippen molar-refractivity contribution in [1.82, 2.24) is 39.9 Å². The molecule has 8 aromatic carbocycles.